The smallest absolute Gasteiger partial charge is 0.335 e. The zero-order valence-electron chi connectivity index (χ0n) is 16.0. The van der Waals surface area contributed by atoms with Gasteiger partial charge in [-0.05, 0) is 25.0 Å². The average Bonchev–Trinajstić information content (AvgIpc) is 3.12. The quantitative estimate of drug-likeness (QED) is 0.433. The molecule has 1 aliphatic carbocycles. The maximum absolute atomic E-state index is 11.0. The molecule has 0 amide bonds. The highest BCUT2D eigenvalue weighted by Crippen LogP contribution is 2.29. The van der Waals surface area contributed by atoms with Crippen LogP contribution in [0.1, 0.15) is 32.1 Å². The van der Waals surface area contributed by atoms with Gasteiger partial charge in [0, 0.05) is 23.1 Å². The van der Waals surface area contributed by atoms with Gasteiger partial charge in [-0.25, -0.2) is 4.79 Å². The number of carbonyl (C=O) groups is 1. The van der Waals surface area contributed by atoms with Crippen molar-refractivity contribution < 1.29 is 34.7 Å². The molecule has 7 N–H and O–H groups in total. The molecule has 1 aromatic heterocycles. The Hall–Kier alpha value is -2.17. The number of H-pyrrole nitrogens is 1. The van der Waals surface area contributed by atoms with E-state index in [-0.39, 0.29) is 0 Å². The third-order valence-corrected chi connectivity index (χ3v) is 5.26. The number of carboxylic acids is 1. The number of rotatable bonds is 3. The molecule has 2 aromatic rings. The monoisotopic (exact) mass is 408 g/mol. The first-order valence-electron chi connectivity index (χ1n) is 9.79. The molecule has 1 saturated heterocycles. The molecule has 0 radical (unpaired) electrons. The van der Waals surface area contributed by atoms with E-state index < -0.39 is 36.7 Å². The predicted molar refractivity (Wildman–Crippen MR) is 104 cm³/mol. The second-order valence-electron chi connectivity index (χ2n) is 7.45. The van der Waals surface area contributed by atoms with Gasteiger partial charge in [-0.2, -0.15) is 0 Å². The zero-order chi connectivity index (χ0) is 21.0. The van der Waals surface area contributed by atoms with E-state index in [0.29, 0.717) is 17.2 Å². The number of fused-ring (bicyclic) bond motifs is 1. The highest BCUT2D eigenvalue weighted by molar-refractivity contribution is 5.85. The van der Waals surface area contributed by atoms with Crippen LogP contribution in [0.15, 0.2) is 30.5 Å². The van der Waals surface area contributed by atoms with Crippen molar-refractivity contribution in [1.82, 2.24) is 4.98 Å². The maximum Gasteiger partial charge on any atom is 0.335 e. The van der Waals surface area contributed by atoms with Crippen LogP contribution in [0.25, 0.3) is 10.9 Å². The highest BCUT2D eigenvalue weighted by Gasteiger charge is 2.48. The van der Waals surface area contributed by atoms with Crippen molar-refractivity contribution in [2.24, 2.45) is 5.73 Å². The van der Waals surface area contributed by atoms with Crippen LogP contribution in [0.3, 0.4) is 0 Å². The molecular formula is C20H28N2O7. The van der Waals surface area contributed by atoms with Crippen molar-refractivity contribution in [2.75, 3.05) is 0 Å². The summed E-state index contributed by atoms with van der Waals surface area (Å²) in [4.78, 5) is 14.0. The normalized spacial score (nSPS) is 30.4. The topological polar surface area (TPSA) is 158 Å². The lowest BCUT2D eigenvalue weighted by Crippen LogP contribution is -2.61. The van der Waals surface area contributed by atoms with Crippen LogP contribution < -0.4 is 10.5 Å². The SMILES string of the molecule is NC1CCCCC1.O=C(O)C1OC(Oc2c[nH]c3ccccc23)C(O)C(O)C1O. The molecule has 4 rings (SSSR count). The van der Waals surface area contributed by atoms with E-state index in [9.17, 15) is 20.1 Å². The maximum atomic E-state index is 11.0. The van der Waals surface area contributed by atoms with Gasteiger partial charge in [0.2, 0.25) is 6.29 Å². The van der Waals surface area contributed by atoms with Gasteiger partial charge in [0.05, 0.1) is 0 Å². The lowest BCUT2D eigenvalue weighted by molar-refractivity contribution is -0.270. The van der Waals surface area contributed by atoms with Gasteiger partial charge >= 0.3 is 5.97 Å². The number of nitrogens with one attached hydrogen (secondary N) is 1. The number of aliphatic hydroxyl groups is 3. The van der Waals surface area contributed by atoms with Crippen LogP contribution in [0.4, 0.5) is 0 Å². The zero-order valence-corrected chi connectivity index (χ0v) is 16.0. The van der Waals surface area contributed by atoms with E-state index in [1.54, 1.807) is 12.1 Å². The minimum absolute atomic E-state index is 0.340. The van der Waals surface area contributed by atoms with Gasteiger partial charge < -0.3 is 40.6 Å². The van der Waals surface area contributed by atoms with E-state index in [0.717, 1.165) is 5.52 Å². The summed E-state index contributed by atoms with van der Waals surface area (Å²) >= 11 is 0. The molecule has 9 nitrogen and oxygen atoms in total. The minimum Gasteiger partial charge on any atom is -0.479 e. The van der Waals surface area contributed by atoms with E-state index >= 15 is 0 Å². The highest BCUT2D eigenvalue weighted by atomic mass is 16.7. The van der Waals surface area contributed by atoms with E-state index in [2.05, 4.69) is 4.98 Å². The van der Waals surface area contributed by atoms with Gasteiger partial charge in [-0.15, -0.1) is 0 Å². The van der Waals surface area contributed by atoms with Crippen molar-refractivity contribution in [3.05, 3.63) is 30.5 Å². The van der Waals surface area contributed by atoms with E-state index in [1.165, 1.54) is 38.3 Å². The average molecular weight is 408 g/mol. The largest absolute Gasteiger partial charge is 0.479 e. The van der Waals surface area contributed by atoms with E-state index in [1.807, 2.05) is 12.1 Å². The summed E-state index contributed by atoms with van der Waals surface area (Å²) in [5, 5.41) is 39.0. The number of aromatic nitrogens is 1. The van der Waals surface area contributed by atoms with Crippen molar-refractivity contribution in [3.63, 3.8) is 0 Å². The number of benzene rings is 1. The summed E-state index contributed by atoms with van der Waals surface area (Å²) in [6.45, 7) is 0. The fourth-order valence-corrected chi connectivity index (χ4v) is 3.55. The number of carboxylic acid groups (broad SMARTS) is 1. The van der Waals surface area contributed by atoms with Crippen molar-refractivity contribution >= 4 is 16.9 Å². The third kappa shape index (κ3) is 5.06. The Kier molecular flexibility index (Phi) is 7.09. The molecule has 29 heavy (non-hydrogen) atoms. The first-order valence-corrected chi connectivity index (χ1v) is 9.79. The molecule has 160 valence electrons. The summed E-state index contributed by atoms with van der Waals surface area (Å²) in [5.74, 6) is -1.11. The van der Waals surface area contributed by atoms with Crippen molar-refractivity contribution in [2.45, 2.75) is 68.9 Å². The number of aromatic amines is 1. The molecule has 2 heterocycles. The van der Waals surface area contributed by atoms with Crippen LogP contribution in [-0.4, -0.2) is 68.1 Å². The van der Waals surface area contributed by atoms with Gasteiger partial charge in [0.25, 0.3) is 0 Å². The van der Waals surface area contributed by atoms with Crippen LogP contribution in [0, 0.1) is 0 Å². The standard InChI is InChI=1S/C14H15NO7.C6H13N/c16-9-10(17)12(13(19)20)22-14(11(9)18)21-8-5-15-7-4-2-1-3-6(7)8;7-6-4-2-1-3-5-6/h1-5,9-12,14-18H,(H,19,20);6H,1-5,7H2. The van der Waals surface area contributed by atoms with Crippen LogP contribution in [0.5, 0.6) is 5.75 Å². The number of ether oxygens (including phenoxy) is 2. The first-order chi connectivity index (χ1) is 13.9. The minimum atomic E-state index is -1.74. The number of para-hydroxylation sites is 1. The molecule has 2 fully saturated rings. The Bertz CT molecular complexity index is 805. The number of nitrogens with two attached hydrogens (primary N) is 1. The Morgan fingerprint density at radius 3 is 2.38 bits per heavy atom. The lowest BCUT2D eigenvalue weighted by Gasteiger charge is -2.38. The summed E-state index contributed by atoms with van der Waals surface area (Å²) in [5.41, 5.74) is 6.42. The fourth-order valence-electron chi connectivity index (χ4n) is 3.55. The Balaban J connectivity index is 0.000000290. The molecule has 9 heteroatoms. The predicted octanol–water partition coefficient (Wildman–Crippen LogP) is 0.717. The molecule has 5 atom stereocenters. The van der Waals surface area contributed by atoms with Crippen LogP contribution in [0.2, 0.25) is 0 Å². The molecule has 5 unspecified atom stereocenters. The second-order valence-corrected chi connectivity index (χ2v) is 7.45. The molecular weight excluding hydrogens is 380 g/mol. The van der Waals surface area contributed by atoms with Gasteiger partial charge in [0.15, 0.2) is 6.10 Å². The van der Waals surface area contributed by atoms with Crippen molar-refractivity contribution in [3.8, 4) is 5.75 Å². The summed E-state index contributed by atoms with van der Waals surface area (Å²) in [6.07, 6.45) is 0.0798. The second kappa shape index (κ2) is 9.55. The molecule has 2 aliphatic rings. The first kappa shape index (κ1) is 21.5. The van der Waals surface area contributed by atoms with Crippen LogP contribution >= 0.6 is 0 Å². The number of aliphatic hydroxyl groups excluding tert-OH is 3. The molecule has 1 aromatic carbocycles. The number of hydrogen-bond donors (Lipinski definition) is 6. The number of aliphatic carboxylic acids is 1. The van der Waals surface area contributed by atoms with Gasteiger partial charge in [0.1, 0.15) is 24.1 Å². The Morgan fingerprint density at radius 2 is 1.76 bits per heavy atom. The Morgan fingerprint density at radius 1 is 1.07 bits per heavy atom. The molecule has 1 aliphatic heterocycles. The summed E-state index contributed by atoms with van der Waals surface area (Å²) < 4.78 is 10.6. The van der Waals surface area contributed by atoms with Gasteiger partial charge in [-0.1, -0.05) is 31.4 Å². The van der Waals surface area contributed by atoms with Crippen molar-refractivity contribution in [1.29, 1.82) is 0 Å². The lowest BCUT2D eigenvalue weighted by atomic mass is 9.97. The Labute approximate surface area is 168 Å². The number of hydrogen-bond acceptors (Lipinski definition) is 7. The van der Waals surface area contributed by atoms with Gasteiger partial charge in [-0.3, -0.25) is 0 Å². The fraction of sp³-hybridized carbons (Fsp3) is 0.550. The molecule has 1 saturated carbocycles. The van der Waals surface area contributed by atoms with Crippen LogP contribution in [-0.2, 0) is 9.53 Å². The molecule has 0 bridgehead atoms. The summed E-state index contributed by atoms with van der Waals surface area (Å²) in [7, 11) is 0. The molecule has 0 spiro atoms. The third-order valence-electron chi connectivity index (χ3n) is 5.26. The summed E-state index contributed by atoms with van der Waals surface area (Å²) in [6, 6.07) is 7.75. The van der Waals surface area contributed by atoms with E-state index in [4.69, 9.17) is 20.3 Å².